The second kappa shape index (κ2) is 4.97. The summed E-state index contributed by atoms with van der Waals surface area (Å²) in [4.78, 5) is 12.2. The van der Waals surface area contributed by atoms with E-state index in [1.165, 1.54) is 0 Å². The van der Waals surface area contributed by atoms with Crippen molar-refractivity contribution in [1.82, 2.24) is 4.57 Å². The number of alkyl halides is 1. The largest absolute Gasteiger partial charge is 0.486 e. The van der Waals surface area contributed by atoms with Crippen LogP contribution in [0.3, 0.4) is 0 Å². The van der Waals surface area contributed by atoms with Crippen LogP contribution < -0.4 is 15.0 Å². The number of halogens is 1. The van der Waals surface area contributed by atoms with E-state index in [4.69, 9.17) is 21.1 Å². The zero-order valence-electron chi connectivity index (χ0n) is 10.1. The Hall–Kier alpha value is -1.94. The highest BCUT2D eigenvalue weighted by Crippen LogP contribution is 2.31. The third kappa shape index (κ3) is 2.19. The van der Waals surface area contributed by atoms with Gasteiger partial charge in [-0.2, -0.15) is 0 Å². The smallest absolute Gasteiger partial charge is 0.259 e. The van der Waals surface area contributed by atoms with Crippen molar-refractivity contribution in [3.63, 3.8) is 0 Å². The van der Waals surface area contributed by atoms with Crippen LogP contribution in [0.4, 0.5) is 0 Å². The molecule has 0 amide bonds. The van der Waals surface area contributed by atoms with Crippen LogP contribution in [0.2, 0.25) is 0 Å². The van der Waals surface area contributed by atoms with Gasteiger partial charge in [-0.15, -0.1) is 11.6 Å². The summed E-state index contributed by atoms with van der Waals surface area (Å²) in [5.74, 6) is 1.56. The highest BCUT2D eigenvalue weighted by molar-refractivity contribution is 6.17. The Morgan fingerprint density at radius 1 is 1.16 bits per heavy atom. The van der Waals surface area contributed by atoms with E-state index >= 15 is 0 Å². The second-order valence-electron chi connectivity index (χ2n) is 4.17. The maximum atomic E-state index is 12.2. The van der Waals surface area contributed by atoms with E-state index in [2.05, 4.69) is 0 Å². The molecule has 1 aromatic carbocycles. The van der Waals surface area contributed by atoms with Gasteiger partial charge in [0, 0.05) is 17.8 Å². The molecular weight excluding hydrogens is 266 g/mol. The molecule has 1 aliphatic rings. The van der Waals surface area contributed by atoms with Crippen LogP contribution in [0.1, 0.15) is 5.56 Å². The lowest BCUT2D eigenvalue weighted by molar-refractivity contribution is 0.171. The van der Waals surface area contributed by atoms with Crippen LogP contribution in [0.25, 0.3) is 5.69 Å². The molecule has 19 heavy (non-hydrogen) atoms. The highest BCUT2D eigenvalue weighted by Gasteiger charge is 2.13. The molecule has 0 N–H and O–H groups in total. The number of ether oxygens (including phenoxy) is 2. The predicted molar refractivity (Wildman–Crippen MR) is 72.6 cm³/mol. The summed E-state index contributed by atoms with van der Waals surface area (Å²) in [5.41, 5.74) is 1.19. The number of benzene rings is 1. The molecule has 1 aliphatic heterocycles. The summed E-state index contributed by atoms with van der Waals surface area (Å²) >= 11 is 5.75. The Kier molecular flexibility index (Phi) is 3.17. The highest BCUT2D eigenvalue weighted by atomic mass is 35.5. The van der Waals surface area contributed by atoms with Crippen LogP contribution in [0.5, 0.6) is 11.5 Å². The van der Waals surface area contributed by atoms with Gasteiger partial charge in [0.15, 0.2) is 11.5 Å². The number of rotatable bonds is 2. The third-order valence-corrected chi connectivity index (χ3v) is 3.26. The van der Waals surface area contributed by atoms with Crippen molar-refractivity contribution in [2.45, 2.75) is 5.88 Å². The molecule has 0 radical (unpaired) electrons. The fraction of sp³-hybridized carbons (Fsp3) is 0.214. The van der Waals surface area contributed by atoms with Crippen LogP contribution in [-0.2, 0) is 5.88 Å². The molecule has 0 fully saturated rings. The number of nitrogens with zero attached hydrogens (tertiary/aromatic N) is 1. The minimum Gasteiger partial charge on any atom is -0.486 e. The maximum Gasteiger partial charge on any atom is 0.259 e. The Morgan fingerprint density at radius 3 is 2.74 bits per heavy atom. The lowest BCUT2D eigenvalue weighted by atomic mass is 10.2. The van der Waals surface area contributed by atoms with E-state index in [-0.39, 0.29) is 11.4 Å². The van der Waals surface area contributed by atoms with Crippen molar-refractivity contribution in [2.24, 2.45) is 0 Å². The predicted octanol–water partition coefficient (Wildman–Crippen LogP) is 2.35. The molecule has 3 rings (SSSR count). The first-order valence-corrected chi connectivity index (χ1v) is 6.49. The molecule has 0 spiro atoms. The van der Waals surface area contributed by atoms with Gasteiger partial charge in [0.1, 0.15) is 13.2 Å². The van der Waals surface area contributed by atoms with Gasteiger partial charge >= 0.3 is 0 Å². The van der Waals surface area contributed by atoms with E-state index in [9.17, 15) is 4.79 Å². The SMILES string of the molecule is O=c1c(CCl)cccn1-c1ccc2c(c1)OCCO2. The number of hydrogen-bond acceptors (Lipinski definition) is 3. The molecule has 2 aromatic rings. The van der Waals surface area contributed by atoms with E-state index in [0.29, 0.717) is 30.3 Å². The minimum atomic E-state index is -0.117. The second-order valence-corrected chi connectivity index (χ2v) is 4.44. The fourth-order valence-corrected chi connectivity index (χ4v) is 2.23. The molecule has 0 saturated heterocycles. The van der Waals surface area contributed by atoms with Gasteiger partial charge in [0.05, 0.1) is 11.6 Å². The van der Waals surface area contributed by atoms with Gasteiger partial charge in [-0.05, 0) is 18.2 Å². The zero-order valence-corrected chi connectivity index (χ0v) is 10.9. The van der Waals surface area contributed by atoms with Gasteiger partial charge in [-0.1, -0.05) is 6.07 Å². The summed E-state index contributed by atoms with van der Waals surface area (Å²) in [7, 11) is 0. The molecule has 4 nitrogen and oxygen atoms in total. The van der Waals surface area contributed by atoms with Crippen molar-refractivity contribution >= 4 is 11.6 Å². The first-order valence-electron chi connectivity index (χ1n) is 5.96. The average molecular weight is 278 g/mol. The van der Waals surface area contributed by atoms with Gasteiger partial charge in [-0.3, -0.25) is 9.36 Å². The molecule has 5 heteroatoms. The van der Waals surface area contributed by atoms with Crippen molar-refractivity contribution in [3.8, 4) is 17.2 Å². The molecule has 1 aromatic heterocycles. The molecule has 0 saturated carbocycles. The molecule has 0 unspecified atom stereocenters. The maximum absolute atomic E-state index is 12.2. The lowest BCUT2D eigenvalue weighted by Gasteiger charge is -2.19. The third-order valence-electron chi connectivity index (χ3n) is 2.97. The van der Waals surface area contributed by atoms with Crippen LogP contribution in [-0.4, -0.2) is 17.8 Å². The number of fused-ring (bicyclic) bond motifs is 1. The lowest BCUT2D eigenvalue weighted by Crippen LogP contribution is -2.21. The van der Waals surface area contributed by atoms with Gasteiger partial charge in [-0.25, -0.2) is 0 Å². The normalized spacial score (nSPS) is 13.3. The van der Waals surface area contributed by atoms with Crippen molar-refractivity contribution in [1.29, 1.82) is 0 Å². The topological polar surface area (TPSA) is 40.5 Å². The van der Waals surface area contributed by atoms with Crippen molar-refractivity contribution in [3.05, 3.63) is 52.4 Å². The Morgan fingerprint density at radius 2 is 1.95 bits per heavy atom. The molecule has 0 bridgehead atoms. The Bertz CT molecular complexity index is 666. The van der Waals surface area contributed by atoms with E-state index in [1.807, 2.05) is 12.1 Å². The van der Waals surface area contributed by atoms with Gasteiger partial charge in [0.2, 0.25) is 0 Å². The fourth-order valence-electron chi connectivity index (χ4n) is 2.03. The van der Waals surface area contributed by atoms with Crippen LogP contribution in [0.15, 0.2) is 41.3 Å². The average Bonchev–Trinajstić information content (AvgIpc) is 2.47. The molecule has 0 atom stereocenters. The van der Waals surface area contributed by atoms with Gasteiger partial charge in [0.25, 0.3) is 5.56 Å². The van der Waals surface area contributed by atoms with E-state index < -0.39 is 0 Å². The molecular formula is C14H12ClNO3. The number of hydrogen-bond donors (Lipinski definition) is 0. The zero-order chi connectivity index (χ0) is 13.2. The standard InChI is InChI=1S/C14H12ClNO3/c15-9-10-2-1-5-16(14(10)17)11-3-4-12-13(8-11)19-7-6-18-12/h1-5,8H,6-7,9H2. The van der Waals surface area contributed by atoms with Crippen molar-refractivity contribution < 1.29 is 9.47 Å². The summed E-state index contributed by atoms with van der Waals surface area (Å²) in [6.45, 7) is 1.07. The summed E-state index contributed by atoms with van der Waals surface area (Å²) in [6.07, 6.45) is 1.71. The minimum absolute atomic E-state index is 0.117. The Labute approximate surface area is 115 Å². The number of aromatic nitrogens is 1. The quantitative estimate of drug-likeness (QED) is 0.791. The van der Waals surface area contributed by atoms with E-state index in [0.717, 1.165) is 5.69 Å². The van der Waals surface area contributed by atoms with E-state index in [1.54, 1.807) is 29.0 Å². The summed E-state index contributed by atoms with van der Waals surface area (Å²) < 4.78 is 12.5. The van der Waals surface area contributed by atoms with Crippen LogP contribution in [0, 0.1) is 0 Å². The molecule has 98 valence electrons. The first-order chi connectivity index (χ1) is 9.29. The van der Waals surface area contributed by atoms with Crippen molar-refractivity contribution in [2.75, 3.05) is 13.2 Å². The Balaban J connectivity index is 2.10. The first kappa shape index (κ1) is 12.1. The summed E-state index contributed by atoms with van der Waals surface area (Å²) in [5, 5.41) is 0. The number of pyridine rings is 1. The molecule has 0 aliphatic carbocycles. The monoisotopic (exact) mass is 277 g/mol. The van der Waals surface area contributed by atoms with Gasteiger partial charge < -0.3 is 9.47 Å². The summed E-state index contributed by atoms with van der Waals surface area (Å²) in [6, 6.07) is 8.96. The molecule has 2 heterocycles. The van der Waals surface area contributed by atoms with Crippen LogP contribution >= 0.6 is 11.6 Å².